The Kier molecular flexibility index (Phi) is 4.05. The van der Waals surface area contributed by atoms with Crippen LogP contribution in [-0.4, -0.2) is 38.0 Å². The van der Waals surface area contributed by atoms with E-state index in [9.17, 15) is 22.0 Å². The van der Waals surface area contributed by atoms with Gasteiger partial charge in [-0.2, -0.15) is 0 Å². The third-order valence-electron chi connectivity index (χ3n) is 3.03. The lowest BCUT2D eigenvalue weighted by Crippen LogP contribution is -2.22. The Morgan fingerprint density at radius 1 is 1.40 bits per heavy atom. The minimum atomic E-state index is -4.08. The molecule has 1 saturated heterocycles. The molecule has 20 heavy (non-hydrogen) atoms. The first-order chi connectivity index (χ1) is 9.33. The molecule has 0 aromatic heterocycles. The van der Waals surface area contributed by atoms with Gasteiger partial charge in [-0.15, -0.1) is 0 Å². The maximum atomic E-state index is 13.9. The number of carbonyl (C=O) groups is 1. The summed E-state index contributed by atoms with van der Waals surface area (Å²) in [7, 11) is -4.08. The second-order valence-electron chi connectivity index (χ2n) is 4.46. The minimum Gasteiger partial charge on any atom is -0.477 e. The molecule has 1 N–H and O–H groups in total. The molecule has 1 aromatic rings. The summed E-state index contributed by atoms with van der Waals surface area (Å²) in [5.74, 6) is -5.19. The van der Waals surface area contributed by atoms with Crippen molar-refractivity contribution in [1.29, 1.82) is 0 Å². The number of ether oxygens (including phenoxy) is 1. The van der Waals surface area contributed by atoms with Gasteiger partial charge in [-0.05, 0) is 25.0 Å². The van der Waals surface area contributed by atoms with Crippen molar-refractivity contribution < 1.29 is 31.8 Å². The number of rotatable bonds is 4. The monoisotopic (exact) mass is 306 g/mol. The molecule has 0 amide bonds. The van der Waals surface area contributed by atoms with Crippen molar-refractivity contribution in [3.05, 3.63) is 29.3 Å². The van der Waals surface area contributed by atoms with Gasteiger partial charge in [0.1, 0.15) is 16.3 Å². The molecule has 1 unspecified atom stereocenters. The van der Waals surface area contributed by atoms with E-state index < -0.39 is 49.8 Å². The van der Waals surface area contributed by atoms with Gasteiger partial charge in [-0.3, -0.25) is 0 Å². The van der Waals surface area contributed by atoms with Gasteiger partial charge in [0.05, 0.1) is 11.9 Å². The van der Waals surface area contributed by atoms with Crippen LogP contribution in [0.5, 0.6) is 0 Å². The molecule has 1 aliphatic heterocycles. The van der Waals surface area contributed by atoms with Crippen LogP contribution in [0.2, 0.25) is 0 Å². The topological polar surface area (TPSA) is 80.7 Å². The molecule has 1 fully saturated rings. The number of carboxylic acid groups (broad SMARTS) is 1. The normalized spacial score (nSPS) is 19.2. The number of carboxylic acids is 1. The zero-order valence-corrected chi connectivity index (χ0v) is 11.1. The zero-order chi connectivity index (χ0) is 14.9. The van der Waals surface area contributed by atoms with Gasteiger partial charge in [0.15, 0.2) is 15.7 Å². The number of sulfone groups is 1. The summed E-state index contributed by atoms with van der Waals surface area (Å²) >= 11 is 0. The summed E-state index contributed by atoms with van der Waals surface area (Å²) in [6.45, 7) is 0.437. The van der Waals surface area contributed by atoms with E-state index in [0.29, 0.717) is 25.5 Å². The van der Waals surface area contributed by atoms with Crippen LogP contribution in [0.1, 0.15) is 23.2 Å². The Morgan fingerprint density at radius 2 is 2.10 bits per heavy atom. The third kappa shape index (κ3) is 2.80. The number of benzene rings is 1. The van der Waals surface area contributed by atoms with Crippen LogP contribution in [0.3, 0.4) is 0 Å². The summed E-state index contributed by atoms with van der Waals surface area (Å²) in [6, 6.07) is 1.37. The van der Waals surface area contributed by atoms with E-state index in [0.717, 1.165) is 6.07 Å². The molecule has 110 valence electrons. The summed E-state index contributed by atoms with van der Waals surface area (Å²) in [4.78, 5) is 9.95. The Morgan fingerprint density at radius 3 is 2.65 bits per heavy atom. The Balaban J connectivity index is 2.41. The molecule has 5 nitrogen and oxygen atoms in total. The number of aromatic carboxylic acids is 1. The molecule has 0 aliphatic carbocycles. The van der Waals surface area contributed by atoms with Crippen molar-refractivity contribution in [3.63, 3.8) is 0 Å². The maximum absolute atomic E-state index is 13.9. The zero-order valence-electron chi connectivity index (χ0n) is 10.3. The van der Waals surface area contributed by atoms with Crippen LogP contribution < -0.4 is 0 Å². The standard InChI is InChI=1S/C12H12F2O5S/c13-8-3-4-9(11(14)10(8)12(15)16)20(17,18)6-7-2-1-5-19-7/h3-4,7H,1-2,5-6H2,(H,15,16). The van der Waals surface area contributed by atoms with Crippen molar-refractivity contribution in [1.82, 2.24) is 0 Å². The molecule has 1 heterocycles. The highest BCUT2D eigenvalue weighted by Gasteiger charge is 2.30. The number of halogens is 2. The first kappa shape index (κ1) is 14.9. The summed E-state index contributed by atoms with van der Waals surface area (Å²) in [6.07, 6.45) is 0.707. The average molecular weight is 306 g/mol. The quantitative estimate of drug-likeness (QED) is 0.855. The average Bonchev–Trinajstić information content (AvgIpc) is 2.79. The highest BCUT2D eigenvalue weighted by Crippen LogP contribution is 2.24. The second kappa shape index (κ2) is 5.45. The van der Waals surface area contributed by atoms with Crippen LogP contribution >= 0.6 is 0 Å². The SMILES string of the molecule is O=C(O)c1c(F)ccc(S(=O)(=O)CC2CCCO2)c1F. The van der Waals surface area contributed by atoms with Crippen molar-refractivity contribution >= 4 is 15.8 Å². The van der Waals surface area contributed by atoms with Crippen molar-refractivity contribution in [2.24, 2.45) is 0 Å². The van der Waals surface area contributed by atoms with E-state index in [1.54, 1.807) is 0 Å². The number of hydrogen-bond donors (Lipinski definition) is 1. The lowest BCUT2D eigenvalue weighted by atomic mass is 10.2. The highest BCUT2D eigenvalue weighted by atomic mass is 32.2. The second-order valence-corrected chi connectivity index (χ2v) is 6.46. The molecule has 0 bridgehead atoms. The van der Waals surface area contributed by atoms with Crippen LogP contribution in [0.15, 0.2) is 17.0 Å². The number of hydrogen-bond acceptors (Lipinski definition) is 4. The molecule has 0 radical (unpaired) electrons. The van der Waals surface area contributed by atoms with Gasteiger partial charge < -0.3 is 9.84 Å². The minimum absolute atomic E-state index is 0.437. The van der Waals surface area contributed by atoms with Gasteiger partial charge in [0.25, 0.3) is 0 Å². The molecule has 1 aliphatic rings. The van der Waals surface area contributed by atoms with Crippen molar-refractivity contribution in [2.45, 2.75) is 23.8 Å². The van der Waals surface area contributed by atoms with Gasteiger partial charge in [-0.1, -0.05) is 0 Å². The van der Waals surface area contributed by atoms with E-state index in [1.165, 1.54) is 0 Å². The van der Waals surface area contributed by atoms with E-state index >= 15 is 0 Å². The summed E-state index contributed by atoms with van der Waals surface area (Å²) in [5, 5.41) is 8.72. The third-order valence-corrected chi connectivity index (χ3v) is 4.83. The molecular formula is C12H12F2O5S. The van der Waals surface area contributed by atoms with E-state index in [1.807, 2.05) is 0 Å². The first-order valence-corrected chi connectivity index (χ1v) is 7.54. The Hall–Kier alpha value is -1.54. The fraction of sp³-hybridized carbons (Fsp3) is 0.417. The maximum Gasteiger partial charge on any atom is 0.341 e. The van der Waals surface area contributed by atoms with Crippen molar-refractivity contribution in [2.75, 3.05) is 12.4 Å². The molecule has 1 aromatic carbocycles. The first-order valence-electron chi connectivity index (χ1n) is 5.88. The lowest BCUT2D eigenvalue weighted by Gasteiger charge is -2.12. The fourth-order valence-electron chi connectivity index (χ4n) is 2.08. The largest absolute Gasteiger partial charge is 0.477 e. The van der Waals surface area contributed by atoms with Crippen LogP contribution in [0, 0.1) is 11.6 Å². The molecular weight excluding hydrogens is 294 g/mol. The van der Waals surface area contributed by atoms with Gasteiger partial charge in [-0.25, -0.2) is 22.0 Å². The van der Waals surface area contributed by atoms with E-state index in [-0.39, 0.29) is 0 Å². The van der Waals surface area contributed by atoms with Crippen LogP contribution in [-0.2, 0) is 14.6 Å². The molecule has 1 atom stereocenters. The molecule has 0 saturated carbocycles. The molecule has 8 heteroatoms. The predicted octanol–water partition coefficient (Wildman–Crippen LogP) is 1.62. The predicted molar refractivity (Wildman–Crippen MR) is 64.3 cm³/mol. The fourth-order valence-corrected chi connectivity index (χ4v) is 3.66. The van der Waals surface area contributed by atoms with Gasteiger partial charge >= 0.3 is 5.97 Å². The van der Waals surface area contributed by atoms with E-state index in [4.69, 9.17) is 9.84 Å². The molecule has 2 rings (SSSR count). The lowest BCUT2D eigenvalue weighted by molar-refractivity contribution is 0.0685. The summed E-state index contributed by atoms with van der Waals surface area (Å²) in [5.41, 5.74) is -1.27. The van der Waals surface area contributed by atoms with Crippen LogP contribution in [0.4, 0.5) is 8.78 Å². The van der Waals surface area contributed by atoms with E-state index in [2.05, 4.69) is 0 Å². The van der Waals surface area contributed by atoms with Crippen LogP contribution in [0.25, 0.3) is 0 Å². The van der Waals surface area contributed by atoms with Gasteiger partial charge in [0.2, 0.25) is 0 Å². The smallest absolute Gasteiger partial charge is 0.341 e. The van der Waals surface area contributed by atoms with Gasteiger partial charge in [0, 0.05) is 6.61 Å². The highest BCUT2D eigenvalue weighted by molar-refractivity contribution is 7.91. The summed E-state index contributed by atoms with van der Waals surface area (Å²) < 4.78 is 56.4. The molecule has 0 spiro atoms. The van der Waals surface area contributed by atoms with Crippen molar-refractivity contribution in [3.8, 4) is 0 Å². The Bertz CT molecular complexity index is 635. The Labute approximate surface area is 114 Å².